The first-order valence-corrected chi connectivity index (χ1v) is 7.00. The Labute approximate surface area is 125 Å². The van der Waals surface area contributed by atoms with E-state index in [0.29, 0.717) is 5.75 Å². The monoisotopic (exact) mass is 289 g/mol. The average Bonchev–Trinajstić information content (AvgIpc) is 2.86. The molecule has 0 saturated carbocycles. The molecule has 0 spiro atoms. The van der Waals surface area contributed by atoms with Crippen LogP contribution in [0.1, 0.15) is 48.4 Å². The van der Waals surface area contributed by atoms with Crippen molar-refractivity contribution < 1.29 is 4.74 Å². The largest absolute Gasteiger partial charge is 0.493 e. The van der Waals surface area contributed by atoms with Gasteiger partial charge in [-0.2, -0.15) is 5.10 Å². The van der Waals surface area contributed by atoms with E-state index in [1.807, 2.05) is 24.7 Å². The van der Waals surface area contributed by atoms with Gasteiger partial charge in [-0.15, -0.1) is 0 Å². The summed E-state index contributed by atoms with van der Waals surface area (Å²) in [6.07, 6.45) is 3.55. The lowest BCUT2D eigenvalue weighted by Gasteiger charge is -2.22. The highest BCUT2D eigenvalue weighted by atomic mass is 16.5. The number of nitrogens with two attached hydrogens (primary N) is 1. The second-order valence-electron chi connectivity index (χ2n) is 5.45. The zero-order valence-electron chi connectivity index (χ0n) is 13.2. The number of rotatable bonds is 5. The van der Waals surface area contributed by atoms with E-state index in [1.165, 1.54) is 0 Å². The van der Waals surface area contributed by atoms with E-state index < -0.39 is 0 Å². The summed E-state index contributed by atoms with van der Waals surface area (Å²) in [4.78, 5) is 4.54. The fourth-order valence-electron chi connectivity index (χ4n) is 2.51. The van der Waals surface area contributed by atoms with Crippen LogP contribution in [0.5, 0.6) is 5.75 Å². The molecule has 0 radical (unpaired) electrons. The summed E-state index contributed by atoms with van der Waals surface area (Å²) < 4.78 is 7.34. The quantitative estimate of drug-likeness (QED) is 0.650. The van der Waals surface area contributed by atoms with E-state index >= 15 is 0 Å². The van der Waals surface area contributed by atoms with Gasteiger partial charge < -0.3 is 4.74 Å². The molecule has 2 rings (SSSR count). The highest BCUT2D eigenvalue weighted by Gasteiger charge is 2.26. The number of ether oxygens (including phenoxy) is 1. The summed E-state index contributed by atoms with van der Waals surface area (Å²) in [7, 11) is 1.63. The number of nitrogens with zero attached hydrogens (tertiary/aromatic N) is 3. The smallest absolute Gasteiger partial charge is 0.162 e. The van der Waals surface area contributed by atoms with Crippen LogP contribution >= 0.6 is 0 Å². The summed E-state index contributed by atoms with van der Waals surface area (Å²) in [6, 6.07) is 2.02. The molecule has 0 bridgehead atoms. The normalized spacial score (nSPS) is 12.7. The van der Waals surface area contributed by atoms with E-state index in [4.69, 9.17) is 10.6 Å². The van der Waals surface area contributed by atoms with Crippen LogP contribution in [0.4, 0.5) is 0 Å². The summed E-state index contributed by atoms with van der Waals surface area (Å²) in [6.45, 7) is 8.19. The van der Waals surface area contributed by atoms with E-state index in [-0.39, 0.29) is 12.1 Å². The third kappa shape index (κ3) is 2.91. The molecule has 1 unspecified atom stereocenters. The van der Waals surface area contributed by atoms with Crippen molar-refractivity contribution in [3.8, 4) is 5.75 Å². The summed E-state index contributed by atoms with van der Waals surface area (Å²) in [5.74, 6) is 6.51. The molecule has 0 aliphatic rings. The molecular formula is C15H23N5O. The summed E-state index contributed by atoms with van der Waals surface area (Å²) in [5.41, 5.74) is 6.81. The number of methoxy groups -OCH3 is 1. The fourth-order valence-corrected chi connectivity index (χ4v) is 2.51. The van der Waals surface area contributed by atoms with Crippen LogP contribution in [0.25, 0.3) is 0 Å². The van der Waals surface area contributed by atoms with E-state index in [0.717, 1.165) is 22.5 Å². The Hall–Kier alpha value is -1.92. The van der Waals surface area contributed by atoms with Crippen LogP contribution in [-0.2, 0) is 0 Å². The number of aromatic nitrogens is 3. The Kier molecular flexibility index (Phi) is 4.59. The van der Waals surface area contributed by atoms with Gasteiger partial charge in [-0.05, 0) is 38.8 Å². The van der Waals surface area contributed by atoms with Crippen LogP contribution in [0.2, 0.25) is 0 Å². The number of pyridine rings is 1. The van der Waals surface area contributed by atoms with Gasteiger partial charge in [-0.3, -0.25) is 15.5 Å². The second kappa shape index (κ2) is 6.24. The maximum Gasteiger partial charge on any atom is 0.162 e. The zero-order valence-corrected chi connectivity index (χ0v) is 13.2. The van der Waals surface area contributed by atoms with Gasteiger partial charge in [-0.25, -0.2) is 5.43 Å². The third-order valence-electron chi connectivity index (χ3n) is 3.48. The maximum atomic E-state index is 5.81. The van der Waals surface area contributed by atoms with Gasteiger partial charge >= 0.3 is 0 Å². The number of aryl methyl sites for hydroxylation is 2. The molecule has 114 valence electrons. The molecule has 21 heavy (non-hydrogen) atoms. The number of nitrogens with one attached hydrogen (secondary N) is 1. The summed E-state index contributed by atoms with van der Waals surface area (Å²) in [5, 5.41) is 4.40. The van der Waals surface area contributed by atoms with E-state index in [9.17, 15) is 0 Å². The van der Waals surface area contributed by atoms with Gasteiger partial charge in [0.05, 0.1) is 19.0 Å². The molecule has 6 nitrogen and oxygen atoms in total. The molecule has 2 aromatic heterocycles. The number of hydrogen-bond donors (Lipinski definition) is 2. The fraction of sp³-hybridized carbons (Fsp3) is 0.467. The topological polar surface area (TPSA) is 78.0 Å². The van der Waals surface area contributed by atoms with Gasteiger partial charge in [0, 0.05) is 12.2 Å². The Morgan fingerprint density at radius 3 is 2.52 bits per heavy atom. The molecule has 2 aromatic rings. The van der Waals surface area contributed by atoms with Crippen molar-refractivity contribution in [1.82, 2.24) is 20.2 Å². The molecule has 0 aliphatic heterocycles. The van der Waals surface area contributed by atoms with Gasteiger partial charge in [-0.1, -0.05) is 6.07 Å². The minimum atomic E-state index is -0.273. The van der Waals surface area contributed by atoms with Crippen molar-refractivity contribution in [2.24, 2.45) is 5.84 Å². The molecule has 1 atom stereocenters. The lowest BCUT2D eigenvalue weighted by molar-refractivity contribution is 0.393. The van der Waals surface area contributed by atoms with Crippen molar-refractivity contribution in [3.63, 3.8) is 0 Å². The highest BCUT2D eigenvalue weighted by molar-refractivity contribution is 5.37. The second-order valence-corrected chi connectivity index (χ2v) is 5.45. The predicted molar refractivity (Wildman–Crippen MR) is 82.0 cm³/mol. The minimum absolute atomic E-state index is 0.200. The van der Waals surface area contributed by atoms with Gasteiger partial charge in [0.2, 0.25) is 0 Å². The van der Waals surface area contributed by atoms with Crippen LogP contribution in [0.15, 0.2) is 18.5 Å². The Morgan fingerprint density at radius 2 is 2.00 bits per heavy atom. The van der Waals surface area contributed by atoms with Crippen molar-refractivity contribution in [1.29, 1.82) is 0 Å². The Morgan fingerprint density at radius 1 is 1.29 bits per heavy atom. The van der Waals surface area contributed by atoms with Crippen LogP contribution in [0, 0.1) is 13.8 Å². The molecular weight excluding hydrogens is 266 g/mol. The standard InChI is InChI=1S/C15H23N5O/c1-9(2)20-15(12(21-5)8-18-20)14(19-16)13-11(4)6-10(3)7-17-13/h6-9,14,19H,16H2,1-5H3. The summed E-state index contributed by atoms with van der Waals surface area (Å²) >= 11 is 0. The van der Waals surface area contributed by atoms with Crippen molar-refractivity contribution in [3.05, 3.63) is 41.0 Å². The number of hydrazine groups is 1. The molecule has 6 heteroatoms. The first-order valence-electron chi connectivity index (χ1n) is 7.00. The molecule has 3 N–H and O–H groups in total. The van der Waals surface area contributed by atoms with Crippen molar-refractivity contribution >= 4 is 0 Å². The molecule has 0 saturated heterocycles. The van der Waals surface area contributed by atoms with Gasteiger partial charge in [0.25, 0.3) is 0 Å². The number of hydrogen-bond acceptors (Lipinski definition) is 5. The molecule has 0 fully saturated rings. The maximum absolute atomic E-state index is 5.81. The van der Waals surface area contributed by atoms with E-state index in [2.05, 4.69) is 35.4 Å². The SMILES string of the molecule is COc1cnn(C(C)C)c1C(NN)c1ncc(C)cc1C. The first-order chi connectivity index (χ1) is 9.99. The predicted octanol–water partition coefficient (Wildman–Crippen LogP) is 2.04. The Balaban J connectivity index is 2.58. The third-order valence-corrected chi connectivity index (χ3v) is 3.48. The van der Waals surface area contributed by atoms with Crippen LogP contribution in [-0.4, -0.2) is 21.9 Å². The lowest BCUT2D eigenvalue weighted by Crippen LogP contribution is -2.32. The van der Waals surface area contributed by atoms with E-state index in [1.54, 1.807) is 13.3 Å². The Bertz CT molecular complexity index is 621. The molecule has 2 heterocycles. The van der Waals surface area contributed by atoms with Crippen LogP contribution in [0.3, 0.4) is 0 Å². The van der Waals surface area contributed by atoms with Crippen molar-refractivity contribution in [2.75, 3.05) is 7.11 Å². The molecule has 0 aromatic carbocycles. The van der Waals surface area contributed by atoms with Gasteiger partial charge in [0.1, 0.15) is 11.7 Å². The average molecular weight is 289 g/mol. The highest BCUT2D eigenvalue weighted by Crippen LogP contribution is 2.31. The van der Waals surface area contributed by atoms with Crippen LogP contribution < -0.4 is 16.0 Å². The first kappa shape index (κ1) is 15.5. The zero-order chi connectivity index (χ0) is 15.6. The molecule has 0 aliphatic carbocycles. The minimum Gasteiger partial charge on any atom is -0.493 e. The van der Waals surface area contributed by atoms with Gasteiger partial charge in [0.15, 0.2) is 5.75 Å². The van der Waals surface area contributed by atoms with Crippen molar-refractivity contribution in [2.45, 2.75) is 39.8 Å². The molecule has 0 amide bonds. The lowest BCUT2D eigenvalue weighted by atomic mass is 10.0.